The molecule has 0 aromatic carbocycles. The molecule has 1 saturated heterocycles. The van der Waals surface area contributed by atoms with Crippen LogP contribution < -0.4 is 5.32 Å². The molecule has 1 saturated carbocycles. The van der Waals surface area contributed by atoms with Gasteiger partial charge >= 0.3 is 0 Å². The zero-order valence-electron chi connectivity index (χ0n) is 13.7. The van der Waals surface area contributed by atoms with E-state index in [9.17, 15) is 14.0 Å². The van der Waals surface area contributed by atoms with E-state index in [-0.39, 0.29) is 23.7 Å². The predicted octanol–water partition coefficient (Wildman–Crippen LogP) is 1.67. The lowest BCUT2D eigenvalue weighted by atomic mass is 9.71. The summed E-state index contributed by atoms with van der Waals surface area (Å²) >= 11 is 0. The van der Waals surface area contributed by atoms with E-state index < -0.39 is 33.1 Å². The smallest absolute Gasteiger partial charge is 0.228 e. The molecule has 0 aromatic rings. The van der Waals surface area contributed by atoms with Gasteiger partial charge in [-0.1, -0.05) is 0 Å². The highest BCUT2D eigenvalue weighted by atomic mass is 28.4. The van der Waals surface area contributed by atoms with E-state index in [1.165, 1.54) is 7.11 Å². The number of carbonyl (C=O) groups excluding carboxylic acids is 2. The molecule has 0 aromatic heterocycles. The molecule has 0 bridgehead atoms. The molecule has 1 N–H and O–H groups in total. The van der Waals surface area contributed by atoms with Gasteiger partial charge in [-0.15, -0.1) is 0 Å². The molecule has 7 heteroatoms. The van der Waals surface area contributed by atoms with Crippen molar-refractivity contribution in [3.63, 3.8) is 0 Å². The number of hydrogen-bond acceptors (Lipinski definition) is 4. The fourth-order valence-corrected chi connectivity index (χ4v) is 4.58. The fraction of sp³-hybridized carbons (Fsp3) is 0.867. The number of halogens is 1. The quantitative estimate of drug-likeness (QED) is 0.594. The zero-order chi connectivity index (χ0) is 16.5. The standard InChI is InChI=1S/C15H26FNO4Si/c1-20-10-7-5-6-9(14(10)18)13-12(15(19)17-13)11(8-16)21-22(2,3)4/h9-13H,5-8H2,1-4H3,(H,17,19)/t9-,10+,11-,12-,13-/m1/s1. The van der Waals surface area contributed by atoms with Crippen molar-refractivity contribution in [2.45, 2.75) is 57.2 Å². The fourth-order valence-electron chi connectivity index (χ4n) is 3.46. The first kappa shape index (κ1) is 17.6. The summed E-state index contributed by atoms with van der Waals surface area (Å²) in [7, 11) is -0.434. The number of amides is 1. The monoisotopic (exact) mass is 331 g/mol. The molecule has 126 valence electrons. The van der Waals surface area contributed by atoms with Crippen molar-refractivity contribution in [2.75, 3.05) is 13.8 Å². The number of hydrogen-bond donors (Lipinski definition) is 1. The lowest BCUT2D eigenvalue weighted by Crippen LogP contribution is -2.68. The maximum Gasteiger partial charge on any atom is 0.228 e. The van der Waals surface area contributed by atoms with Crippen LogP contribution in [0.3, 0.4) is 0 Å². The van der Waals surface area contributed by atoms with Crippen LogP contribution in [0.25, 0.3) is 0 Å². The van der Waals surface area contributed by atoms with Crippen LogP contribution in [0.2, 0.25) is 19.6 Å². The number of rotatable bonds is 6. The van der Waals surface area contributed by atoms with E-state index in [1.54, 1.807) is 0 Å². The molecule has 1 aliphatic heterocycles. The second-order valence-corrected chi connectivity index (χ2v) is 11.6. The van der Waals surface area contributed by atoms with Crippen LogP contribution in [0.4, 0.5) is 4.39 Å². The molecule has 2 aliphatic rings. The van der Waals surface area contributed by atoms with Crippen molar-refractivity contribution >= 4 is 20.0 Å². The van der Waals surface area contributed by atoms with Gasteiger partial charge < -0.3 is 14.5 Å². The van der Waals surface area contributed by atoms with Gasteiger partial charge in [-0.25, -0.2) is 4.39 Å². The number of β-lactam (4-membered cyclic amide) rings is 1. The van der Waals surface area contributed by atoms with Gasteiger partial charge in [0.1, 0.15) is 12.8 Å². The molecular formula is C15H26FNO4Si. The molecule has 0 spiro atoms. The van der Waals surface area contributed by atoms with Crippen LogP contribution in [0.15, 0.2) is 0 Å². The minimum atomic E-state index is -1.96. The molecule has 2 rings (SSSR count). The number of methoxy groups -OCH3 is 1. The van der Waals surface area contributed by atoms with Crippen molar-refractivity contribution in [1.29, 1.82) is 0 Å². The average molecular weight is 331 g/mol. The maximum atomic E-state index is 13.4. The molecule has 1 amide bonds. The summed E-state index contributed by atoms with van der Waals surface area (Å²) in [4.78, 5) is 24.4. The number of alkyl halides is 1. The van der Waals surface area contributed by atoms with Gasteiger partial charge in [-0.3, -0.25) is 9.59 Å². The normalized spacial score (nSPS) is 34.0. The van der Waals surface area contributed by atoms with E-state index in [0.29, 0.717) is 6.42 Å². The molecular weight excluding hydrogens is 305 g/mol. The van der Waals surface area contributed by atoms with Crippen LogP contribution in [-0.2, 0) is 18.8 Å². The summed E-state index contributed by atoms with van der Waals surface area (Å²) < 4.78 is 24.5. The van der Waals surface area contributed by atoms with Crippen LogP contribution in [0.1, 0.15) is 19.3 Å². The Labute approximate surface area is 132 Å². The Kier molecular flexibility index (Phi) is 5.40. The van der Waals surface area contributed by atoms with Crippen molar-refractivity contribution in [3.05, 3.63) is 0 Å². The van der Waals surface area contributed by atoms with Gasteiger partial charge in [0.2, 0.25) is 5.91 Å². The van der Waals surface area contributed by atoms with E-state index in [0.717, 1.165) is 12.8 Å². The molecule has 5 nitrogen and oxygen atoms in total. The molecule has 0 unspecified atom stereocenters. The number of carbonyl (C=O) groups is 2. The van der Waals surface area contributed by atoms with Gasteiger partial charge in [0.15, 0.2) is 14.1 Å². The van der Waals surface area contributed by atoms with Gasteiger partial charge in [0.05, 0.1) is 18.1 Å². The molecule has 1 aliphatic carbocycles. The van der Waals surface area contributed by atoms with Gasteiger partial charge in [-0.05, 0) is 38.9 Å². The first-order valence-electron chi connectivity index (χ1n) is 7.89. The number of ketones is 1. The SMILES string of the molecule is CO[C@H]1CCC[C@H]([C@H]2NC(=O)[C@@H]2[C@@H](CF)O[Si](C)(C)C)C1=O. The highest BCUT2D eigenvalue weighted by Gasteiger charge is 2.52. The van der Waals surface area contributed by atoms with Crippen molar-refractivity contribution in [3.8, 4) is 0 Å². The molecule has 0 radical (unpaired) electrons. The molecule has 22 heavy (non-hydrogen) atoms. The number of ether oxygens (including phenoxy) is 1. The minimum Gasteiger partial charge on any atom is -0.411 e. The Hall–Kier alpha value is -0.793. The van der Waals surface area contributed by atoms with E-state index in [4.69, 9.17) is 9.16 Å². The lowest BCUT2D eigenvalue weighted by Gasteiger charge is -2.46. The van der Waals surface area contributed by atoms with E-state index >= 15 is 0 Å². The van der Waals surface area contributed by atoms with Crippen molar-refractivity contribution in [2.24, 2.45) is 11.8 Å². The van der Waals surface area contributed by atoms with Crippen LogP contribution in [0.5, 0.6) is 0 Å². The third kappa shape index (κ3) is 3.57. The Morgan fingerprint density at radius 1 is 1.32 bits per heavy atom. The van der Waals surface area contributed by atoms with E-state index in [2.05, 4.69) is 5.32 Å². The Morgan fingerprint density at radius 3 is 2.50 bits per heavy atom. The van der Waals surface area contributed by atoms with Crippen LogP contribution >= 0.6 is 0 Å². The van der Waals surface area contributed by atoms with Crippen molar-refractivity contribution < 1.29 is 23.1 Å². The van der Waals surface area contributed by atoms with Gasteiger partial charge in [0.25, 0.3) is 0 Å². The zero-order valence-corrected chi connectivity index (χ0v) is 14.7. The predicted molar refractivity (Wildman–Crippen MR) is 82.8 cm³/mol. The highest BCUT2D eigenvalue weighted by molar-refractivity contribution is 6.69. The second-order valence-electron chi connectivity index (χ2n) is 7.15. The minimum absolute atomic E-state index is 0.0226. The first-order valence-corrected chi connectivity index (χ1v) is 11.3. The summed E-state index contributed by atoms with van der Waals surface area (Å²) in [5.74, 6) is -1.05. The summed E-state index contributed by atoms with van der Waals surface area (Å²) in [6, 6.07) is -0.324. The third-order valence-corrected chi connectivity index (χ3v) is 5.45. The highest BCUT2D eigenvalue weighted by Crippen LogP contribution is 2.35. The third-order valence-electron chi connectivity index (χ3n) is 4.44. The summed E-state index contributed by atoms with van der Waals surface area (Å²) in [5, 5.41) is 2.79. The summed E-state index contributed by atoms with van der Waals surface area (Å²) in [6.07, 6.45) is 1.16. The average Bonchev–Trinajstić information content (AvgIpc) is 2.43. The molecule has 5 atom stereocenters. The van der Waals surface area contributed by atoms with Gasteiger partial charge in [-0.2, -0.15) is 0 Å². The molecule has 2 fully saturated rings. The summed E-state index contributed by atoms with van der Waals surface area (Å²) in [5.41, 5.74) is 0. The Morgan fingerprint density at radius 2 is 2.00 bits per heavy atom. The topological polar surface area (TPSA) is 64.6 Å². The first-order chi connectivity index (χ1) is 10.3. The number of Topliss-reactive ketones (excluding diaryl/α,β-unsaturated/α-hetero) is 1. The largest absolute Gasteiger partial charge is 0.411 e. The van der Waals surface area contributed by atoms with Crippen molar-refractivity contribution in [1.82, 2.24) is 5.32 Å². The second kappa shape index (κ2) is 6.76. The Balaban J connectivity index is 2.11. The van der Waals surface area contributed by atoms with E-state index in [1.807, 2.05) is 19.6 Å². The molecule has 1 heterocycles. The summed E-state index contributed by atoms with van der Waals surface area (Å²) in [6.45, 7) is 5.20. The van der Waals surface area contributed by atoms with Gasteiger partial charge in [0, 0.05) is 13.0 Å². The Bertz CT molecular complexity index is 440. The van der Waals surface area contributed by atoms with Crippen LogP contribution in [-0.4, -0.2) is 52.0 Å². The maximum absolute atomic E-state index is 13.4. The lowest BCUT2D eigenvalue weighted by molar-refractivity contribution is -0.150. The number of nitrogens with one attached hydrogen (secondary N) is 1. The van der Waals surface area contributed by atoms with Crippen LogP contribution in [0, 0.1) is 11.8 Å².